The monoisotopic (exact) mass is 364 g/mol. The van der Waals surface area contributed by atoms with Crippen molar-refractivity contribution in [2.45, 2.75) is 0 Å². The van der Waals surface area contributed by atoms with Gasteiger partial charge in [0, 0.05) is 11.4 Å². The Kier molecular flexibility index (Phi) is 4.09. The predicted molar refractivity (Wildman–Crippen MR) is 86.8 cm³/mol. The van der Waals surface area contributed by atoms with Crippen LogP contribution in [0, 0.1) is 0 Å². The highest BCUT2D eigenvalue weighted by molar-refractivity contribution is 9.08. The van der Waals surface area contributed by atoms with Crippen molar-refractivity contribution in [2.24, 2.45) is 0 Å². The molecular weight excluding hydrogens is 352 g/mol. The van der Waals surface area contributed by atoms with Crippen LogP contribution in [0.1, 0.15) is 31.8 Å². The van der Waals surface area contributed by atoms with E-state index < -0.39 is 11.6 Å². The fraction of sp³-hybridized carbons (Fsp3) is 0.0667. The summed E-state index contributed by atoms with van der Waals surface area (Å²) in [6.07, 6.45) is 0. The number of anilines is 2. The molecule has 0 spiro atoms. The zero-order valence-electron chi connectivity index (χ0n) is 11.6. The fourth-order valence-electron chi connectivity index (χ4n) is 2.41. The second kappa shape index (κ2) is 5.69. The number of halogens is 1. The second-order valence-electron chi connectivity index (χ2n) is 4.51. The van der Waals surface area contributed by atoms with Crippen LogP contribution in [0.25, 0.3) is 0 Å². The molecule has 6 nitrogen and oxygen atoms in total. The predicted octanol–water partition coefficient (Wildman–Crippen LogP) is 2.05. The molecule has 2 aromatic carbocycles. The number of fused-ring (bicyclic) bond motifs is 2. The summed E-state index contributed by atoms with van der Waals surface area (Å²) in [5, 5.41) is 19.6. The highest BCUT2D eigenvalue weighted by atomic mass is 79.9. The van der Waals surface area contributed by atoms with Gasteiger partial charge in [0.1, 0.15) is 11.5 Å². The molecule has 0 saturated carbocycles. The lowest BCUT2D eigenvalue weighted by Gasteiger charge is -2.21. The Morgan fingerprint density at radius 3 is 1.36 bits per heavy atom. The summed E-state index contributed by atoms with van der Waals surface area (Å²) in [6, 6.07) is 5.13. The Labute approximate surface area is 134 Å². The van der Waals surface area contributed by atoms with Gasteiger partial charge in [0.25, 0.3) is 0 Å². The van der Waals surface area contributed by atoms with Gasteiger partial charge in [-0.3, -0.25) is 9.59 Å². The summed E-state index contributed by atoms with van der Waals surface area (Å²) in [4.78, 5) is 24.9. The van der Waals surface area contributed by atoms with Gasteiger partial charge in [-0.1, -0.05) is 15.9 Å². The van der Waals surface area contributed by atoms with Crippen LogP contribution in [0.2, 0.25) is 0 Å². The number of carbonyl (C=O) groups excluding carboxylic acids is 2. The molecule has 0 heterocycles. The van der Waals surface area contributed by atoms with E-state index in [1.165, 1.54) is 24.3 Å². The van der Waals surface area contributed by atoms with E-state index in [0.717, 1.165) is 0 Å². The summed E-state index contributed by atoms with van der Waals surface area (Å²) in [6.45, 7) is 0. The first kappa shape index (κ1) is 15.8. The van der Waals surface area contributed by atoms with E-state index in [1.54, 1.807) is 0 Å². The van der Waals surface area contributed by atoms with E-state index in [9.17, 15) is 19.8 Å². The zero-order valence-corrected chi connectivity index (χ0v) is 13.1. The van der Waals surface area contributed by atoms with Gasteiger partial charge in [0.05, 0.1) is 22.3 Å². The number of nitrogen functional groups attached to an aromatic ring is 2. The first-order valence-electron chi connectivity index (χ1n) is 6.13. The number of nitrogens with two attached hydrogens (primary N) is 2. The van der Waals surface area contributed by atoms with E-state index in [2.05, 4.69) is 15.9 Å². The van der Waals surface area contributed by atoms with Crippen molar-refractivity contribution in [1.82, 2.24) is 0 Å². The highest BCUT2D eigenvalue weighted by Gasteiger charge is 2.36. The number of aromatic hydroxyl groups is 2. The summed E-state index contributed by atoms with van der Waals surface area (Å²) < 4.78 is 0. The van der Waals surface area contributed by atoms with Crippen molar-refractivity contribution >= 4 is 38.9 Å². The fourth-order valence-corrected chi connectivity index (χ4v) is 2.41. The van der Waals surface area contributed by atoms with Crippen molar-refractivity contribution in [1.29, 1.82) is 0 Å². The van der Waals surface area contributed by atoms with Crippen LogP contribution in [-0.2, 0) is 0 Å². The molecule has 6 N–H and O–H groups in total. The van der Waals surface area contributed by atoms with Crippen LogP contribution >= 0.6 is 15.9 Å². The lowest BCUT2D eigenvalue weighted by atomic mass is 9.81. The van der Waals surface area contributed by atoms with Crippen LogP contribution in [-0.4, -0.2) is 27.6 Å². The van der Waals surface area contributed by atoms with E-state index in [4.69, 9.17) is 11.5 Å². The number of benzene rings is 2. The van der Waals surface area contributed by atoms with Gasteiger partial charge >= 0.3 is 0 Å². The third-order valence-electron chi connectivity index (χ3n) is 3.34. The molecule has 3 rings (SSSR count). The number of rotatable bonds is 0. The van der Waals surface area contributed by atoms with E-state index in [-0.39, 0.29) is 45.1 Å². The van der Waals surface area contributed by atoms with Crippen molar-refractivity contribution in [3.8, 4) is 11.5 Å². The first-order valence-corrected chi connectivity index (χ1v) is 7.72. The lowest BCUT2D eigenvalue weighted by molar-refractivity contribution is 0.0975. The largest absolute Gasteiger partial charge is 0.507 e. The summed E-state index contributed by atoms with van der Waals surface area (Å²) in [5.74, 6) is -0.144. The maximum absolute atomic E-state index is 12.4. The van der Waals surface area contributed by atoms with E-state index >= 15 is 0 Å². The van der Waals surface area contributed by atoms with Crippen LogP contribution < -0.4 is 11.5 Å². The van der Waals surface area contributed by atoms with Crippen LogP contribution in [0.3, 0.4) is 0 Å². The zero-order chi connectivity index (χ0) is 16.6. The summed E-state index contributed by atoms with van der Waals surface area (Å²) in [5.41, 5.74) is 11.0. The number of phenols is 2. The number of ketones is 2. The second-order valence-corrected chi connectivity index (χ2v) is 4.51. The Bertz CT molecular complexity index is 673. The van der Waals surface area contributed by atoms with Gasteiger partial charge in [-0.15, -0.1) is 0 Å². The maximum Gasteiger partial charge on any atom is 0.200 e. The van der Waals surface area contributed by atoms with Gasteiger partial charge < -0.3 is 21.7 Å². The van der Waals surface area contributed by atoms with Crippen LogP contribution in [0.15, 0.2) is 24.3 Å². The molecule has 1 aliphatic rings. The smallest absolute Gasteiger partial charge is 0.200 e. The molecule has 0 amide bonds. The molecule has 0 atom stereocenters. The van der Waals surface area contributed by atoms with Crippen LogP contribution in [0.4, 0.5) is 11.4 Å². The molecule has 114 valence electrons. The normalized spacial score (nSPS) is 12.1. The van der Waals surface area contributed by atoms with Gasteiger partial charge in [0.15, 0.2) is 0 Å². The Hall–Kier alpha value is -2.54. The van der Waals surface area contributed by atoms with Crippen molar-refractivity contribution < 1.29 is 19.8 Å². The molecule has 1 aliphatic carbocycles. The first-order chi connectivity index (χ1) is 10.4. The molecule has 0 bridgehead atoms. The van der Waals surface area contributed by atoms with Gasteiger partial charge in [-0.05, 0) is 30.1 Å². The number of phenolic OH excluding ortho intramolecular Hbond substituents is 2. The van der Waals surface area contributed by atoms with Crippen molar-refractivity contribution in [3.63, 3.8) is 0 Å². The number of hydrogen-bond acceptors (Lipinski definition) is 6. The summed E-state index contributed by atoms with van der Waals surface area (Å²) in [7, 11) is 0. The Balaban J connectivity index is 0.000000847. The third-order valence-corrected chi connectivity index (χ3v) is 3.34. The number of carbonyl (C=O) groups is 2. The molecular formula is C15H13BrN2O4. The highest BCUT2D eigenvalue weighted by Crippen LogP contribution is 2.40. The quantitative estimate of drug-likeness (QED) is 0.274. The van der Waals surface area contributed by atoms with Crippen LogP contribution in [0.5, 0.6) is 11.5 Å². The minimum Gasteiger partial charge on any atom is -0.507 e. The Morgan fingerprint density at radius 1 is 0.727 bits per heavy atom. The maximum atomic E-state index is 12.4. The van der Waals surface area contributed by atoms with Gasteiger partial charge in [0.2, 0.25) is 11.6 Å². The molecule has 2 aromatic rings. The Morgan fingerprint density at radius 2 is 1.05 bits per heavy atom. The van der Waals surface area contributed by atoms with Crippen molar-refractivity contribution in [2.75, 3.05) is 17.3 Å². The molecule has 0 radical (unpaired) electrons. The average Bonchev–Trinajstić information content (AvgIpc) is 2.51. The molecule has 0 fully saturated rings. The van der Waals surface area contributed by atoms with E-state index in [0.29, 0.717) is 0 Å². The molecule has 22 heavy (non-hydrogen) atoms. The molecule has 0 unspecified atom stereocenters. The SMILES string of the molecule is CBr.Nc1ccc(O)c2c1C(=O)c1c(O)ccc(N)c1C2=O. The minimum absolute atomic E-state index is 0.0589. The number of alkyl halides is 1. The minimum atomic E-state index is -0.632. The third kappa shape index (κ3) is 2.10. The van der Waals surface area contributed by atoms with E-state index in [1.807, 2.05) is 5.83 Å². The lowest BCUT2D eigenvalue weighted by Crippen LogP contribution is -2.24. The van der Waals surface area contributed by atoms with Crippen molar-refractivity contribution in [3.05, 3.63) is 46.5 Å². The van der Waals surface area contributed by atoms with Gasteiger partial charge in [-0.2, -0.15) is 0 Å². The number of hydrogen-bond donors (Lipinski definition) is 4. The topological polar surface area (TPSA) is 127 Å². The average molecular weight is 365 g/mol. The molecule has 0 aromatic heterocycles. The van der Waals surface area contributed by atoms with Gasteiger partial charge in [-0.25, -0.2) is 0 Å². The summed E-state index contributed by atoms with van der Waals surface area (Å²) >= 11 is 2.94. The molecule has 0 aliphatic heterocycles. The molecule has 0 saturated heterocycles. The molecule has 7 heteroatoms. The standard InChI is InChI=1S/C14H10N2O4.CH3Br/c15-5-1-3-7(17)11-9(5)13(19)12-8(18)4-2-6(16)10(12)14(11)20;1-2/h1-4,17-18H,15-16H2;1H3.